The van der Waals surface area contributed by atoms with Crippen LogP contribution in [0.1, 0.15) is 34.2 Å². The molecule has 0 unspecified atom stereocenters. The summed E-state index contributed by atoms with van der Waals surface area (Å²) in [5, 5.41) is 21.2. The molecule has 190 valence electrons. The Bertz CT molecular complexity index is 1490. The molecule has 4 aromatic rings. The van der Waals surface area contributed by atoms with Gasteiger partial charge in [-0.3, -0.25) is 10.1 Å². The summed E-state index contributed by atoms with van der Waals surface area (Å²) >= 11 is 1.28. The number of amides is 1. The molecular weight excluding hydrogens is 496 g/mol. The van der Waals surface area contributed by atoms with E-state index in [-0.39, 0.29) is 5.57 Å². The van der Waals surface area contributed by atoms with Crippen LogP contribution in [0.5, 0.6) is 11.5 Å². The third kappa shape index (κ3) is 7.15. The van der Waals surface area contributed by atoms with E-state index >= 15 is 0 Å². The molecule has 7 nitrogen and oxygen atoms in total. The summed E-state index contributed by atoms with van der Waals surface area (Å²) in [6.45, 7) is 2.32. The van der Waals surface area contributed by atoms with Crippen LogP contribution >= 0.6 is 11.3 Å². The van der Waals surface area contributed by atoms with Crippen molar-refractivity contribution < 1.29 is 14.3 Å². The van der Waals surface area contributed by atoms with Gasteiger partial charge >= 0.3 is 0 Å². The molecule has 0 radical (unpaired) electrons. The fourth-order valence-corrected chi connectivity index (χ4v) is 4.14. The minimum absolute atomic E-state index is 0.0598. The monoisotopic (exact) mass is 522 g/mol. The quantitative estimate of drug-likeness (QED) is 0.147. The van der Waals surface area contributed by atoms with Crippen LogP contribution in [0.3, 0.4) is 0 Å². The number of hydrogen-bond donors (Lipinski definition) is 1. The third-order valence-corrected chi connectivity index (χ3v) is 6.48. The zero-order valence-electron chi connectivity index (χ0n) is 21.0. The number of nitrogens with one attached hydrogen (secondary N) is 1. The van der Waals surface area contributed by atoms with E-state index in [1.54, 1.807) is 25.3 Å². The first-order valence-electron chi connectivity index (χ1n) is 12.0. The lowest BCUT2D eigenvalue weighted by molar-refractivity contribution is -0.112. The summed E-state index contributed by atoms with van der Waals surface area (Å²) < 4.78 is 11.5. The van der Waals surface area contributed by atoms with Gasteiger partial charge in [0.2, 0.25) is 5.13 Å². The second-order valence-electron chi connectivity index (χ2n) is 8.16. The molecule has 4 rings (SSSR count). The molecule has 0 spiro atoms. The number of methoxy groups -OCH3 is 1. The van der Waals surface area contributed by atoms with Crippen molar-refractivity contribution in [1.29, 1.82) is 5.26 Å². The van der Waals surface area contributed by atoms with Crippen LogP contribution in [-0.2, 0) is 17.8 Å². The van der Waals surface area contributed by atoms with Crippen LogP contribution in [-0.4, -0.2) is 23.2 Å². The summed E-state index contributed by atoms with van der Waals surface area (Å²) in [6, 6.07) is 25.5. The van der Waals surface area contributed by atoms with Gasteiger partial charge in [-0.2, -0.15) is 5.26 Å². The van der Waals surface area contributed by atoms with Crippen LogP contribution in [0.4, 0.5) is 5.13 Å². The van der Waals surface area contributed by atoms with Gasteiger partial charge in [0.1, 0.15) is 23.3 Å². The van der Waals surface area contributed by atoms with Gasteiger partial charge in [0, 0.05) is 0 Å². The number of aryl methyl sites for hydroxylation is 1. The molecule has 3 aromatic carbocycles. The van der Waals surface area contributed by atoms with Gasteiger partial charge in [0.15, 0.2) is 11.5 Å². The fourth-order valence-electron chi connectivity index (χ4n) is 3.46. The highest BCUT2D eigenvalue weighted by Crippen LogP contribution is 2.30. The Labute approximate surface area is 225 Å². The Morgan fingerprint density at radius 1 is 0.974 bits per heavy atom. The number of hydrogen-bond acceptors (Lipinski definition) is 7. The largest absolute Gasteiger partial charge is 0.493 e. The number of aromatic nitrogens is 2. The number of ether oxygens (including phenoxy) is 2. The Morgan fingerprint density at radius 3 is 2.34 bits per heavy atom. The standard InChI is InChI=1S/C30H26N4O3S/c1-3-28-33-34-30(38-28)32-29(35)25(19-31)17-24-15-16-26(27(18-24)36-2)37-20-23-13-11-22(12-14-23)10-9-21-7-5-4-6-8-21/h4-18H,3,20H2,1-2H3,(H,32,34,35). The second-order valence-corrected chi connectivity index (χ2v) is 9.23. The molecule has 1 N–H and O–H groups in total. The molecule has 38 heavy (non-hydrogen) atoms. The fraction of sp³-hybridized carbons (Fsp3) is 0.133. The molecule has 0 saturated heterocycles. The Kier molecular flexibility index (Phi) is 9.00. The summed E-state index contributed by atoms with van der Waals surface area (Å²) in [5.41, 5.74) is 3.83. The average Bonchev–Trinajstić information content (AvgIpc) is 3.42. The molecule has 8 heteroatoms. The van der Waals surface area contributed by atoms with Crippen molar-refractivity contribution in [2.45, 2.75) is 20.0 Å². The van der Waals surface area contributed by atoms with Crippen LogP contribution in [0.2, 0.25) is 0 Å². The van der Waals surface area contributed by atoms with Crippen molar-refractivity contribution in [2.75, 3.05) is 12.4 Å². The number of carbonyl (C=O) groups is 1. The Balaban J connectivity index is 1.39. The highest BCUT2D eigenvalue weighted by Gasteiger charge is 2.13. The van der Waals surface area contributed by atoms with Crippen LogP contribution in [0, 0.1) is 11.3 Å². The van der Waals surface area contributed by atoms with Crippen molar-refractivity contribution >= 4 is 40.6 Å². The zero-order valence-corrected chi connectivity index (χ0v) is 21.9. The Hall–Kier alpha value is -4.74. The van der Waals surface area contributed by atoms with Gasteiger partial charge in [0.05, 0.1) is 7.11 Å². The number of anilines is 1. The van der Waals surface area contributed by atoms with E-state index in [1.165, 1.54) is 17.4 Å². The maximum Gasteiger partial charge on any atom is 0.268 e. The first-order valence-corrected chi connectivity index (χ1v) is 12.8. The number of nitrogens with zero attached hydrogens (tertiary/aromatic N) is 3. The maximum absolute atomic E-state index is 12.5. The van der Waals surface area contributed by atoms with Crippen molar-refractivity contribution in [3.63, 3.8) is 0 Å². The molecule has 0 aliphatic rings. The van der Waals surface area contributed by atoms with Crippen molar-refractivity contribution in [3.05, 3.63) is 106 Å². The van der Waals surface area contributed by atoms with Crippen LogP contribution < -0.4 is 14.8 Å². The van der Waals surface area contributed by atoms with E-state index in [0.29, 0.717) is 28.8 Å². The van der Waals surface area contributed by atoms with Gasteiger partial charge < -0.3 is 9.47 Å². The molecular formula is C30H26N4O3S. The number of nitriles is 1. The van der Waals surface area contributed by atoms with Gasteiger partial charge in [-0.05, 0) is 46.9 Å². The van der Waals surface area contributed by atoms with Crippen molar-refractivity contribution in [1.82, 2.24) is 10.2 Å². The molecule has 0 saturated carbocycles. The smallest absolute Gasteiger partial charge is 0.268 e. The second kappa shape index (κ2) is 13.0. The number of benzene rings is 3. The third-order valence-electron chi connectivity index (χ3n) is 5.50. The molecule has 1 heterocycles. The van der Waals surface area contributed by atoms with Crippen molar-refractivity contribution in [3.8, 4) is 17.6 Å². The van der Waals surface area contributed by atoms with Gasteiger partial charge in [-0.25, -0.2) is 0 Å². The van der Waals surface area contributed by atoms with E-state index in [4.69, 9.17) is 9.47 Å². The summed E-state index contributed by atoms with van der Waals surface area (Å²) in [4.78, 5) is 12.5. The van der Waals surface area contributed by atoms with E-state index in [0.717, 1.165) is 28.1 Å². The van der Waals surface area contributed by atoms with E-state index in [2.05, 4.69) is 39.8 Å². The highest BCUT2D eigenvalue weighted by atomic mass is 32.1. The molecule has 1 amide bonds. The van der Waals surface area contributed by atoms with Crippen LogP contribution in [0.25, 0.3) is 18.2 Å². The lowest BCUT2D eigenvalue weighted by Gasteiger charge is -2.12. The molecule has 1 aromatic heterocycles. The first-order chi connectivity index (χ1) is 18.6. The van der Waals surface area contributed by atoms with E-state index in [1.807, 2.05) is 55.5 Å². The first kappa shape index (κ1) is 26.3. The van der Waals surface area contributed by atoms with Gasteiger partial charge in [0.25, 0.3) is 5.91 Å². The molecule has 0 aliphatic heterocycles. The van der Waals surface area contributed by atoms with Gasteiger partial charge in [-0.15, -0.1) is 10.2 Å². The van der Waals surface area contributed by atoms with E-state index < -0.39 is 5.91 Å². The number of rotatable bonds is 10. The van der Waals surface area contributed by atoms with Crippen LogP contribution in [0.15, 0.2) is 78.4 Å². The Morgan fingerprint density at radius 2 is 1.68 bits per heavy atom. The normalized spacial score (nSPS) is 11.2. The van der Waals surface area contributed by atoms with Crippen molar-refractivity contribution in [2.24, 2.45) is 0 Å². The minimum atomic E-state index is -0.548. The predicted molar refractivity (Wildman–Crippen MR) is 151 cm³/mol. The molecule has 0 aliphatic carbocycles. The SMILES string of the molecule is CCc1nnc(NC(=O)C(C#N)=Cc2ccc(OCc3ccc(C=Cc4ccccc4)cc3)c(OC)c2)s1. The minimum Gasteiger partial charge on any atom is -0.493 e. The highest BCUT2D eigenvalue weighted by molar-refractivity contribution is 7.15. The summed E-state index contributed by atoms with van der Waals surface area (Å²) in [7, 11) is 1.54. The van der Waals surface area contributed by atoms with E-state index in [9.17, 15) is 10.1 Å². The molecule has 0 atom stereocenters. The van der Waals surface area contributed by atoms with Gasteiger partial charge in [-0.1, -0.05) is 91.1 Å². The maximum atomic E-state index is 12.5. The topological polar surface area (TPSA) is 97.1 Å². The molecule has 0 fully saturated rings. The number of carbonyl (C=O) groups excluding carboxylic acids is 1. The lowest BCUT2D eigenvalue weighted by Crippen LogP contribution is -2.13. The summed E-state index contributed by atoms with van der Waals surface area (Å²) in [5.74, 6) is 0.504. The average molecular weight is 523 g/mol. The predicted octanol–water partition coefficient (Wildman–Crippen LogP) is 6.40. The zero-order chi connectivity index (χ0) is 26.7. The summed E-state index contributed by atoms with van der Waals surface area (Å²) in [6.07, 6.45) is 6.36. The molecule has 0 bridgehead atoms. The lowest BCUT2D eigenvalue weighted by atomic mass is 10.1.